The first-order valence-electron chi connectivity index (χ1n) is 6.61. The fourth-order valence-electron chi connectivity index (χ4n) is 2.08. The van der Waals surface area contributed by atoms with Crippen LogP contribution in [0.5, 0.6) is 0 Å². The van der Waals surface area contributed by atoms with Gasteiger partial charge in [-0.1, -0.05) is 6.92 Å². The zero-order chi connectivity index (χ0) is 15.4. The summed E-state index contributed by atoms with van der Waals surface area (Å²) < 4.78 is 24.9. The number of rotatable bonds is 6. The van der Waals surface area contributed by atoms with Crippen molar-refractivity contribution >= 4 is 11.6 Å². The van der Waals surface area contributed by atoms with E-state index >= 15 is 0 Å². The summed E-state index contributed by atoms with van der Waals surface area (Å²) in [5.41, 5.74) is 1.48. The molecule has 0 spiro atoms. The molecule has 0 aliphatic carbocycles. The number of aryl methyl sites for hydroxylation is 1. The third kappa shape index (κ3) is 3.20. The molecule has 0 radical (unpaired) electrons. The van der Waals surface area contributed by atoms with Gasteiger partial charge in [-0.25, -0.2) is 9.37 Å². The van der Waals surface area contributed by atoms with Crippen molar-refractivity contribution in [1.82, 2.24) is 14.7 Å². The largest absolute Gasteiger partial charge is 0.354 e. The Bertz CT molecular complexity index is 638. The van der Waals surface area contributed by atoms with Gasteiger partial charge in [0.25, 0.3) is 5.91 Å². The smallest absolute Gasteiger partial charge is 0.270 e. The van der Waals surface area contributed by atoms with Crippen LogP contribution in [0.3, 0.4) is 0 Å². The average Bonchev–Trinajstić information content (AvgIpc) is 2.85. The highest BCUT2D eigenvalue weighted by Crippen LogP contribution is 2.14. The Morgan fingerprint density at radius 1 is 1.43 bits per heavy atom. The minimum absolute atomic E-state index is 0.192. The summed E-state index contributed by atoms with van der Waals surface area (Å²) in [6.45, 7) is 2.08. The number of nitrogens with zero attached hydrogens (tertiary/aromatic N) is 2. The van der Waals surface area contributed by atoms with Gasteiger partial charge in [-0.05, 0) is 18.6 Å². The van der Waals surface area contributed by atoms with Gasteiger partial charge in [0.05, 0.1) is 12.2 Å². The van der Waals surface area contributed by atoms with Crippen LogP contribution in [0.4, 0.5) is 4.39 Å². The lowest BCUT2D eigenvalue weighted by Crippen LogP contribution is -2.35. The van der Waals surface area contributed by atoms with E-state index in [1.165, 1.54) is 30.9 Å². The number of halogens is 1. The Labute approximate surface area is 121 Å². The lowest BCUT2D eigenvalue weighted by Gasteiger charge is -2.14. The van der Waals surface area contributed by atoms with E-state index in [9.17, 15) is 9.18 Å². The van der Waals surface area contributed by atoms with E-state index in [2.05, 4.69) is 10.3 Å². The van der Waals surface area contributed by atoms with Gasteiger partial charge in [0.15, 0.2) is 6.29 Å². The first kappa shape index (κ1) is 15.4. The van der Waals surface area contributed by atoms with Gasteiger partial charge in [0.1, 0.15) is 17.2 Å². The maximum atomic E-state index is 13.4. The van der Waals surface area contributed by atoms with Crippen LogP contribution in [0.1, 0.15) is 23.1 Å². The summed E-state index contributed by atoms with van der Waals surface area (Å²) in [4.78, 5) is 16.7. The van der Waals surface area contributed by atoms with Gasteiger partial charge >= 0.3 is 0 Å². The van der Waals surface area contributed by atoms with Crippen molar-refractivity contribution in [3.05, 3.63) is 35.5 Å². The second-order valence-electron chi connectivity index (χ2n) is 4.45. The molecule has 0 saturated carbocycles. The summed E-state index contributed by atoms with van der Waals surface area (Å²) in [7, 11) is 2.97. The maximum Gasteiger partial charge on any atom is 0.270 e. The van der Waals surface area contributed by atoms with Crippen LogP contribution in [0.15, 0.2) is 18.3 Å². The first-order chi connectivity index (χ1) is 10.1. The molecule has 0 fully saturated rings. The van der Waals surface area contributed by atoms with E-state index in [0.29, 0.717) is 23.5 Å². The van der Waals surface area contributed by atoms with Crippen LogP contribution in [0.25, 0.3) is 5.65 Å². The highest BCUT2D eigenvalue weighted by Gasteiger charge is 2.19. The standard InChI is InChI=1S/C14H18FN3O3/c1-4-10-13(14(19)16-7-12(20-2)21-3)18-8-9(15)5-6-11(18)17-10/h5-6,8,12H,4,7H2,1-3H3,(H,16,19). The zero-order valence-corrected chi connectivity index (χ0v) is 12.2. The van der Waals surface area contributed by atoms with Gasteiger partial charge in [-0.15, -0.1) is 0 Å². The highest BCUT2D eigenvalue weighted by atomic mass is 19.1. The van der Waals surface area contributed by atoms with Gasteiger partial charge in [-0.2, -0.15) is 0 Å². The third-order valence-corrected chi connectivity index (χ3v) is 3.16. The summed E-state index contributed by atoms with van der Waals surface area (Å²) in [6, 6.07) is 2.85. The third-order valence-electron chi connectivity index (χ3n) is 3.16. The monoisotopic (exact) mass is 295 g/mol. The van der Waals surface area contributed by atoms with E-state index in [1.807, 2.05) is 6.92 Å². The van der Waals surface area contributed by atoms with E-state index in [-0.39, 0.29) is 12.5 Å². The molecule has 2 rings (SSSR count). The first-order valence-corrected chi connectivity index (χ1v) is 6.61. The van der Waals surface area contributed by atoms with Crippen molar-refractivity contribution in [2.45, 2.75) is 19.6 Å². The normalized spacial score (nSPS) is 11.3. The van der Waals surface area contributed by atoms with Crippen LogP contribution in [-0.2, 0) is 15.9 Å². The van der Waals surface area contributed by atoms with Crippen LogP contribution in [0, 0.1) is 5.82 Å². The molecule has 2 aromatic rings. The maximum absolute atomic E-state index is 13.4. The van der Waals surface area contributed by atoms with Crippen molar-refractivity contribution in [3.63, 3.8) is 0 Å². The molecule has 0 aliphatic rings. The van der Waals surface area contributed by atoms with E-state index in [0.717, 1.165) is 0 Å². The number of fused-ring (bicyclic) bond motifs is 1. The fourth-order valence-corrected chi connectivity index (χ4v) is 2.08. The molecule has 114 valence electrons. The second kappa shape index (κ2) is 6.64. The molecule has 0 aromatic carbocycles. The van der Waals surface area contributed by atoms with Crippen LogP contribution in [0.2, 0.25) is 0 Å². The Morgan fingerprint density at radius 3 is 2.76 bits per heavy atom. The summed E-state index contributed by atoms with van der Waals surface area (Å²) in [6.07, 6.45) is 1.29. The van der Waals surface area contributed by atoms with E-state index in [4.69, 9.17) is 9.47 Å². The van der Waals surface area contributed by atoms with Gasteiger partial charge in [0, 0.05) is 20.4 Å². The number of aromatic nitrogens is 2. The quantitative estimate of drug-likeness (QED) is 0.818. The molecule has 1 amide bonds. The summed E-state index contributed by atoms with van der Waals surface area (Å²) in [5.74, 6) is -0.771. The molecule has 6 nitrogen and oxygen atoms in total. The lowest BCUT2D eigenvalue weighted by molar-refractivity contribution is -0.0974. The van der Waals surface area contributed by atoms with Crippen molar-refractivity contribution < 1.29 is 18.7 Å². The highest BCUT2D eigenvalue weighted by molar-refractivity contribution is 5.94. The number of hydrogen-bond acceptors (Lipinski definition) is 4. The van der Waals surface area contributed by atoms with Crippen LogP contribution >= 0.6 is 0 Å². The number of pyridine rings is 1. The number of carbonyl (C=O) groups is 1. The van der Waals surface area contributed by atoms with Crippen LogP contribution in [-0.4, -0.2) is 42.3 Å². The van der Waals surface area contributed by atoms with Crippen molar-refractivity contribution in [1.29, 1.82) is 0 Å². The average molecular weight is 295 g/mol. The number of nitrogens with one attached hydrogen (secondary N) is 1. The predicted molar refractivity (Wildman–Crippen MR) is 74.7 cm³/mol. The van der Waals surface area contributed by atoms with Gasteiger partial charge < -0.3 is 14.8 Å². The summed E-state index contributed by atoms with van der Waals surface area (Å²) in [5, 5.41) is 2.70. The van der Waals surface area contributed by atoms with Gasteiger partial charge in [0.2, 0.25) is 0 Å². The second-order valence-corrected chi connectivity index (χ2v) is 4.45. The Morgan fingerprint density at radius 2 is 2.14 bits per heavy atom. The predicted octanol–water partition coefficient (Wildman–Crippen LogP) is 1.38. The van der Waals surface area contributed by atoms with E-state index in [1.54, 1.807) is 6.07 Å². The molecule has 0 saturated heterocycles. The Kier molecular flexibility index (Phi) is 4.87. The van der Waals surface area contributed by atoms with Crippen molar-refractivity contribution in [2.75, 3.05) is 20.8 Å². The molecule has 2 aromatic heterocycles. The number of methoxy groups -OCH3 is 2. The molecule has 2 heterocycles. The molecule has 0 bridgehead atoms. The van der Waals surface area contributed by atoms with Gasteiger partial charge in [-0.3, -0.25) is 9.20 Å². The number of amides is 1. The van der Waals surface area contributed by atoms with E-state index < -0.39 is 12.1 Å². The summed E-state index contributed by atoms with van der Waals surface area (Å²) >= 11 is 0. The number of imidazole rings is 1. The minimum Gasteiger partial charge on any atom is -0.354 e. The zero-order valence-electron chi connectivity index (χ0n) is 12.2. The molecule has 1 N–H and O–H groups in total. The number of ether oxygens (including phenoxy) is 2. The topological polar surface area (TPSA) is 64.9 Å². The molecule has 0 unspecified atom stereocenters. The molecule has 0 atom stereocenters. The fraction of sp³-hybridized carbons (Fsp3) is 0.429. The van der Waals surface area contributed by atoms with Crippen molar-refractivity contribution in [3.8, 4) is 0 Å². The lowest BCUT2D eigenvalue weighted by atomic mass is 10.2. The van der Waals surface area contributed by atoms with Crippen molar-refractivity contribution in [2.24, 2.45) is 0 Å². The molecule has 21 heavy (non-hydrogen) atoms. The number of carbonyl (C=O) groups excluding carboxylic acids is 1. The Balaban J connectivity index is 2.31. The SMILES string of the molecule is CCc1nc2ccc(F)cn2c1C(=O)NCC(OC)OC. The molecule has 7 heteroatoms. The minimum atomic E-state index is -0.532. The number of hydrogen-bond donors (Lipinski definition) is 1. The Hall–Kier alpha value is -1.99. The molecular weight excluding hydrogens is 277 g/mol. The molecular formula is C14H18FN3O3. The van der Waals surface area contributed by atoms with Crippen LogP contribution < -0.4 is 5.32 Å². The molecule has 0 aliphatic heterocycles.